The van der Waals surface area contributed by atoms with E-state index in [9.17, 15) is 33.9 Å². The van der Waals surface area contributed by atoms with Crippen LogP contribution in [0.5, 0.6) is 0 Å². The van der Waals surface area contributed by atoms with Gasteiger partial charge in [0, 0.05) is 52.1 Å². The zero-order valence-corrected chi connectivity index (χ0v) is 57.8. The highest BCUT2D eigenvalue weighted by molar-refractivity contribution is 7.59. The maximum atomic E-state index is 13.0. The molecule has 0 aliphatic carbocycles. The quantitative estimate of drug-likeness (QED) is 0.0309. The largest absolute Gasteiger partial charge is 0.480 e. The number of Topliss-reactive ketones (excluding diaryl/α,β-unsaturated/α-hetero) is 1. The van der Waals surface area contributed by atoms with E-state index in [2.05, 4.69) is 45.6 Å². The molecule has 0 saturated carbocycles. The minimum absolute atomic E-state index is 0. The summed E-state index contributed by atoms with van der Waals surface area (Å²) in [5.41, 5.74) is 9.00. The molecule has 0 aromatic heterocycles. The Hall–Kier alpha value is -3.28. The number of nitrogens with one attached hydrogen (secondary N) is 4. The molecule has 0 saturated heterocycles. The minimum Gasteiger partial charge on any atom is -0.480 e. The van der Waals surface area contributed by atoms with Crippen LogP contribution in [-0.4, -0.2) is 239 Å². The van der Waals surface area contributed by atoms with Crippen LogP contribution in [0.2, 0.25) is 0 Å². The molecule has 0 radical (unpaired) electrons. The molecule has 0 unspecified atom stereocenters. The van der Waals surface area contributed by atoms with Crippen molar-refractivity contribution in [3.05, 3.63) is 0 Å². The monoisotopic (exact) mass is 1330 g/mol. The predicted octanol–water partition coefficient (Wildman–Crippen LogP) is 5.06. The van der Waals surface area contributed by atoms with E-state index < -0.39 is 18.1 Å². The number of aliphatic carboxylic acids is 1. The SMILES string of the molecule is C#CCCC(=O)N[C@@H](CCCCCC(=O)CC[C@H](NC(=O)CCCCCCCCCCCCCCC)C(=O)O)C(=O)NCCOCCOCCOCCOCCOCCOCCOCCOCCOCCOCCOCCOCCC(=O)NC.CN.CN.S.S. The lowest BCUT2D eigenvalue weighted by Gasteiger charge is -2.18. The first-order valence-electron chi connectivity index (χ1n) is 32.5. The van der Waals surface area contributed by atoms with Gasteiger partial charge < -0.3 is 94.7 Å². The van der Waals surface area contributed by atoms with E-state index in [1.54, 1.807) is 7.05 Å². The van der Waals surface area contributed by atoms with E-state index in [0.29, 0.717) is 190 Å². The van der Waals surface area contributed by atoms with Crippen LogP contribution < -0.4 is 32.7 Å². The van der Waals surface area contributed by atoms with Crippen molar-refractivity contribution in [1.29, 1.82) is 0 Å². The van der Waals surface area contributed by atoms with Crippen LogP contribution >= 0.6 is 27.0 Å². The molecular weight excluding hydrogens is 1210 g/mol. The number of ether oxygens (including phenoxy) is 12. The molecule has 0 aliphatic rings. The lowest BCUT2D eigenvalue weighted by atomic mass is 10.0. The fourth-order valence-corrected chi connectivity index (χ4v) is 8.01. The van der Waals surface area contributed by atoms with Crippen molar-refractivity contribution in [2.45, 2.75) is 173 Å². The third kappa shape index (κ3) is 75.4. The number of carbonyl (C=O) groups excluding carboxylic acids is 5. The molecule has 0 bridgehead atoms. The van der Waals surface area contributed by atoms with Crippen molar-refractivity contribution in [1.82, 2.24) is 21.3 Å². The van der Waals surface area contributed by atoms with Gasteiger partial charge in [-0.2, -0.15) is 27.0 Å². The molecular formula is C63H126N6O19S2. The standard InChI is InChI=1S/C61H112N4O19.2CH5N.2H2S/c1-4-6-8-9-10-11-12-13-14-15-16-17-21-25-59(69)65-56(61(71)72)27-26-54(66)22-19-18-20-23-55(64-58(68)24-7-5-2)60(70)63-29-31-74-33-35-76-37-39-78-41-43-80-45-47-82-49-51-84-53-52-83-50-48-81-46-44-79-42-40-77-38-36-75-34-32-73-30-28-57(67)62-3;2*1-2;;/h2,55-56H,4,6-53H2,1,3H3,(H,62,67)(H,63,70)(H,64,68)(H,65,69)(H,71,72);2*2H2,1H3;2*1H2/t55-,56-;;;;/m0..../s1. The highest BCUT2D eigenvalue weighted by Crippen LogP contribution is 2.14. The molecule has 90 heavy (non-hydrogen) atoms. The maximum absolute atomic E-state index is 13.0. The van der Waals surface area contributed by atoms with Gasteiger partial charge in [0.1, 0.15) is 17.9 Å². The van der Waals surface area contributed by atoms with Crippen molar-refractivity contribution in [3.8, 4) is 12.3 Å². The second-order valence-electron chi connectivity index (χ2n) is 20.0. The van der Waals surface area contributed by atoms with Crippen LogP contribution in [-0.2, 0) is 85.6 Å². The molecule has 0 aliphatic heterocycles. The number of terminal acetylenes is 1. The molecule has 25 nitrogen and oxygen atoms in total. The number of amides is 4. The Balaban J connectivity index is -0.00000393. The first kappa shape index (κ1) is 95.4. The number of carboxylic acids is 1. The Kier molecular flexibility index (Phi) is 86.7. The van der Waals surface area contributed by atoms with Crippen molar-refractivity contribution in [2.24, 2.45) is 11.5 Å². The van der Waals surface area contributed by atoms with Gasteiger partial charge in [0.2, 0.25) is 23.6 Å². The number of carboxylic acid groups (broad SMARTS) is 1. The number of hydrogen-bond donors (Lipinski definition) is 7. The summed E-state index contributed by atoms with van der Waals surface area (Å²) < 4.78 is 65.9. The Morgan fingerprint density at radius 2 is 0.711 bits per heavy atom. The van der Waals surface area contributed by atoms with E-state index in [1.807, 2.05) is 0 Å². The average Bonchev–Trinajstić information content (AvgIpc) is 3.62. The van der Waals surface area contributed by atoms with Gasteiger partial charge in [-0.3, -0.25) is 24.0 Å². The van der Waals surface area contributed by atoms with Gasteiger partial charge in [-0.25, -0.2) is 4.79 Å². The first-order chi connectivity index (χ1) is 43.1. The van der Waals surface area contributed by atoms with Crippen molar-refractivity contribution in [2.75, 3.05) is 186 Å². The van der Waals surface area contributed by atoms with Gasteiger partial charge in [-0.15, -0.1) is 12.3 Å². The topological polar surface area (TPSA) is 334 Å². The van der Waals surface area contributed by atoms with Crippen molar-refractivity contribution >= 4 is 62.4 Å². The molecule has 4 amide bonds. The van der Waals surface area contributed by atoms with Gasteiger partial charge in [-0.05, 0) is 39.8 Å². The Labute approximate surface area is 555 Å². The molecule has 9 N–H and O–H groups in total. The summed E-state index contributed by atoms with van der Waals surface area (Å²) in [5.74, 6) is 0.169. The summed E-state index contributed by atoms with van der Waals surface area (Å²) in [7, 11) is 4.59. The van der Waals surface area contributed by atoms with Crippen LogP contribution in [0.3, 0.4) is 0 Å². The fourth-order valence-electron chi connectivity index (χ4n) is 8.01. The maximum Gasteiger partial charge on any atom is 0.326 e. The van der Waals surface area contributed by atoms with Crippen LogP contribution in [0.4, 0.5) is 0 Å². The second kappa shape index (κ2) is 81.8. The number of carbonyl (C=O) groups is 6. The summed E-state index contributed by atoms with van der Waals surface area (Å²) in [6, 6.07) is -1.89. The van der Waals surface area contributed by atoms with Crippen LogP contribution in [0.25, 0.3) is 0 Å². The zero-order valence-electron chi connectivity index (χ0n) is 55.8. The fraction of sp³-hybridized carbons (Fsp3) is 0.873. The first-order valence-corrected chi connectivity index (χ1v) is 32.5. The smallest absolute Gasteiger partial charge is 0.326 e. The lowest BCUT2D eigenvalue weighted by Crippen LogP contribution is -2.47. The summed E-state index contributed by atoms with van der Waals surface area (Å²) >= 11 is 0. The highest BCUT2D eigenvalue weighted by atomic mass is 32.1. The number of ketones is 1. The van der Waals surface area contributed by atoms with Crippen LogP contribution in [0.15, 0.2) is 0 Å². The molecule has 534 valence electrons. The van der Waals surface area contributed by atoms with E-state index in [-0.39, 0.29) is 108 Å². The van der Waals surface area contributed by atoms with E-state index in [0.717, 1.165) is 19.3 Å². The van der Waals surface area contributed by atoms with E-state index in [1.165, 1.54) is 71.9 Å². The highest BCUT2D eigenvalue weighted by Gasteiger charge is 2.22. The number of rotatable bonds is 68. The molecule has 27 heteroatoms. The summed E-state index contributed by atoms with van der Waals surface area (Å²) in [4.78, 5) is 73.6. The molecule has 0 heterocycles. The molecule has 0 rings (SSSR count). The van der Waals surface area contributed by atoms with Crippen LogP contribution in [0.1, 0.15) is 161 Å². The number of hydrogen-bond acceptors (Lipinski definition) is 20. The molecule has 0 fully saturated rings. The average molecular weight is 1340 g/mol. The van der Waals surface area contributed by atoms with Crippen LogP contribution in [0, 0.1) is 12.3 Å². The van der Waals surface area contributed by atoms with Gasteiger partial charge >= 0.3 is 5.97 Å². The van der Waals surface area contributed by atoms with Gasteiger partial charge in [0.25, 0.3) is 0 Å². The molecule has 2 atom stereocenters. The Morgan fingerprint density at radius 1 is 0.389 bits per heavy atom. The van der Waals surface area contributed by atoms with Gasteiger partial charge in [0.05, 0.1) is 159 Å². The second-order valence-corrected chi connectivity index (χ2v) is 20.0. The lowest BCUT2D eigenvalue weighted by molar-refractivity contribution is -0.142. The molecule has 0 aromatic carbocycles. The van der Waals surface area contributed by atoms with Gasteiger partial charge in [0.15, 0.2) is 0 Å². The third-order valence-electron chi connectivity index (χ3n) is 12.8. The number of nitrogens with two attached hydrogens (primary N) is 2. The van der Waals surface area contributed by atoms with Crippen molar-refractivity contribution in [3.63, 3.8) is 0 Å². The Bertz CT molecular complexity index is 1620. The van der Waals surface area contributed by atoms with E-state index >= 15 is 0 Å². The van der Waals surface area contributed by atoms with Gasteiger partial charge in [-0.1, -0.05) is 96.8 Å². The zero-order chi connectivity index (χ0) is 65.3. The summed E-state index contributed by atoms with van der Waals surface area (Å²) in [5, 5.41) is 20.4. The predicted molar refractivity (Wildman–Crippen MR) is 360 cm³/mol. The molecule has 0 aromatic rings. The summed E-state index contributed by atoms with van der Waals surface area (Å²) in [6.45, 7) is 12.7. The summed E-state index contributed by atoms with van der Waals surface area (Å²) in [6.07, 6.45) is 24.3. The minimum atomic E-state index is -1.15. The Morgan fingerprint density at radius 3 is 1.08 bits per heavy atom. The van der Waals surface area contributed by atoms with Crippen molar-refractivity contribution < 1.29 is 90.7 Å². The molecule has 0 spiro atoms. The van der Waals surface area contributed by atoms with E-state index in [4.69, 9.17) is 63.3 Å². The normalized spacial score (nSPS) is 11.3. The third-order valence-corrected chi connectivity index (χ3v) is 12.8. The number of unbranched alkanes of at least 4 members (excludes halogenated alkanes) is 14.